The van der Waals surface area contributed by atoms with Crippen molar-refractivity contribution in [1.82, 2.24) is 9.80 Å². The van der Waals surface area contributed by atoms with E-state index in [1.165, 1.54) is 4.90 Å². The first-order valence-corrected chi connectivity index (χ1v) is 9.72. The third kappa shape index (κ3) is 3.98. The van der Waals surface area contributed by atoms with E-state index in [2.05, 4.69) is 0 Å². The minimum Gasteiger partial charge on any atom is -0.336 e. The number of carbonyl (C=O) groups is 3. The van der Waals surface area contributed by atoms with Crippen molar-refractivity contribution in [3.05, 3.63) is 70.8 Å². The molecule has 0 aromatic heterocycles. The molecule has 1 aliphatic heterocycles. The average Bonchev–Trinajstić information content (AvgIpc) is 2.94. The van der Waals surface area contributed by atoms with Gasteiger partial charge < -0.3 is 4.90 Å². The summed E-state index contributed by atoms with van der Waals surface area (Å²) in [5, 5.41) is 0. The fourth-order valence-electron chi connectivity index (χ4n) is 3.45. The number of amides is 3. The van der Waals surface area contributed by atoms with E-state index >= 15 is 0 Å². The van der Waals surface area contributed by atoms with Crippen molar-refractivity contribution in [2.75, 3.05) is 6.54 Å². The molecule has 0 saturated carbocycles. The van der Waals surface area contributed by atoms with E-state index in [0.29, 0.717) is 17.7 Å². The number of hydrogen-bond donors (Lipinski definition) is 0. The van der Waals surface area contributed by atoms with Crippen LogP contribution in [0.3, 0.4) is 0 Å². The Labute approximate surface area is 166 Å². The zero-order valence-electron chi connectivity index (χ0n) is 16.6. The standard InChI is InChI=1S/C23H26N2O3/c1-4-17(3)25(15-18-8-6-5-7-9-18)21(26)12-13-24-22(27)19-11-10-16(2)14-20(19)23(24)28/h5-11,14,17H,4,12-13,15H2,1-3H3. The normalized spacial score (nSPS) is 14.2. The van der Waals surface area contributed by atoms with Gasteiger partial charge in [0.05, 0.1) is 11.1 Å². The molecule has 0 radical (unpaired) electrons. The largest absolute Gasteiger partial charge is 0.336 e. The van der Waals surface area contributed by atoms with E-state index in [1.54, 1.807) is 12.1 Å². The quantitative estimate of drug-likeness (QED) is 0.689. The molecule has 0 bridgehead atoms. The topological polar surface area (TPSA) is 57.7 Å². The number of nitrogens with zero attached hydrogens (tertiary/aromatic N) is 2. The molecule has 0 spiro atoms. The molecule has 0 saturated heterocycles. The first-order chi connectivity index (χ1) is 13.4. The van der Waals surface area contributed by atoms with Gasteiger partial charge in [-0.05, 0) is 38.0 Å². The molecule has 1 unspecified atom stereocenters. The van der Waals surface area contributed by atoms with Gasteiger partial charge >= 0.3 is 0 Å². The Balaban J connectivity index is 1.69. The molecule has 0 fully saturated rings. The predicted molar refractivity (Wildman–Crippen MR) is 108 cm³/mol. The van der Waals surface area contributed by atoms with Crippen LogP contribution in [-0.4, -0.2) is 40.1 Å². The van der Waals surface area contributed by atoms with Crippen molar-refractivity contribution in [3.63, 3.8) is 0 Å². The predicted octanol–water partition coefficient (Wildman–Crippen LogP) is 3.81. The second kappa shape index (κ2) is 8.38. The van der Waals surface area contributed by atoms with E-state index in [0.717, 1.165) is 17.5 Å². The highest BCUT2D eigenvalue weighted by atomic mass is 16.2. The number of aryl methyl sites for hydroxylation is 1. The highest BCUT2D eigenvalue weighted by Crippen LogP contribution is 2.24. The van der Waals surface area contributed by atoms with E-state index in [1.807, 2.05) is 62.1 Å². The molecule has 3 rings (SSSR count). The summed E-state index contributed by atoms with van der Waals surface area (Å²) >= 11 is 0. The molecule has 2 aromatic rings. The van der Waals surface area contributed by atoms with Crippen LogP contribution in [-0.2, 0) is 11.3 Å². The van der Waals surface area contributed by atoms with Gasteiger partial charge in [0, 0.05) is 25.6 Å². The highest BCUT2D eigenvalue weighted by Gasteiger charge is 2.35. The van der Waals surface area contributed by atoms with E-state index in [9.17, 15) is 14.4 Å². The maximum absolute atomic E-state index is 12.9. The van der Waals surface area contributed by atoms with Gasteiger partial charge in [-0.3, -0.25) is 19.3 Å². The van der Waals surface area contributed by atoms with Crippen LogP contribution < -0.4 is 0 Å². The molecule has 28 heavy (non-hydrogen) atoms. The number of rotatable bonds is 7. The molecule has 2 aromatic carbocycles. The minimum absolute atomic E-state index is 0.0501. The maximum atomic E-state index is 12.9. The fourth-order valence-corrected chi connectivity index (χ4v) is 3.45. The first kappa shape index (κ1) is 19.8. The van der Waals surface area contributed by atoms with Gasteiger partial charge in [0.15, 0.2) is 0 Å². The average molecular weight is 378 g/mol. The van der Waals surface area contributed by atoms with Gasteiger partial charge in [0.1, 0.15) is 0 Å². The van der Waals surface area contributed by atoms with Crippen molar-refractivity contribution >= 4 is 17.7 Å². The van der Waals surface area contributed by atoms with E-state index in [4.69, 9.17) is 0 Å². The lowest BCUT2D eigenvalue weighted by Gasteiger charge is -2.29. The van der Waals surface area contributed by atoms with Crippen LogP contribution in [0.2, 0.25) is 0 Å². The van der Waals surface area contributed by atoms with Crippen LogP contribution >= 0.6 is 0 Å². The molecule has 1 heterocycles. The SMILES string of the molecule is CCC(C)N(Cc1ccccc1)C(=O)CCN1C(=O)c2ccc(C)cc2C1=O. The Morgan fingerprint density at radius 1 is 1.04 bits per heavy atom. The van der Waals surface area contributed by atoms with Crippen molar-refractivity contribution < 1.29 is 14.4 Å². The van der Waals surface area contributed by atoms with Crippen LogP contribution in [0.5, 0.6) is 0 Å². The summed E-state index contributed by atoms with van der Waals surface area (Å²) in [6.07, 6.45) is 0.965. The molecule has 1 aliphatic rings. The molecular formula is C23H26N2O3. The Hall–Kier alpha value is -2.95. The van der Waals surface area contributed by atoms with Gasteiger partial charge in [0.25, 0.3) is 11.8 Å². The molecule has 5 heteroatoms. The Morgan fingerprint density at radius 2 is 1.71 bits per heavy atom. The van der Waals surface area contributed by atoms with Crippen LogP contribution in [0, 0.1) is 6.92 Å². The molecule has 5 nitrogen and oxygen atoms in total. The highest BCUT2D eigenvalue weighted by molar-refractivity contribution is 6.21. The molecule has 1 atom stereocenters. The van der Waals surface area contributed by atoms with Crippen molar-refractivity contribution in [2.45, 2.75) is 46.2 Å². The molecule has 3 amide bonds. The van der Waals surface area contributed by atoms with Gasteiger partial charge in [-0.2, -0.15) is 0 Å². The number of carbonyl (C=O) groups excluding carboxylic acids is 3. The summed E-state index contributed by atoms with van der Waals surface area (Å²) in [4.78, 5) is 41.1. The van der Waals surface area contributed by atoms with Crippen LogP contribution in [0.4, 0.5) is 0 Å². The lowest BCUT2D eigenvalue weighted by Crippen LogP contribution is -2.40. The number of fused-ring (bicyclic) bond motifs is 1. The number of hydrogen-bond acceptors (Lipinski definition) is 3. The molecular weight excluding hydrogens is 352 g/mol. The lowest BCUT2D eigenvalue weighted by atomic mass is 10.1. The van der Waals surface area contributed by atoms with Gasteiger partial charge in [-0.15, -0.1) is 0 Å². The smallest absolute Gasteiger partial charge is 0.261 e. The third-order valence-corrected chi connectivity index (χ3v) is 5.31. The summed E-state index contributed by atoms with van der Waals surface area (Å²) in [7, 11) is 0. The van der Waals surface area contributed by atoms with Crippen molar-refractivity contribution in [1.29, 1.82) is 0 Å². The minimum atomic E-state index is -0.314. The number of benzene rings is 2. The van der Waals surface area contributed by atoms with Gasteiger partial charge in [-0.1, -0.05) is 48.9 Å². The zero-order valence-corrected chi connectivity index (χ0v) is 16.6. The lowest BCUT2D eigenvalue weighted by molar-refractivity contribution is -0.134. The second-order valence-electron chi connectivity index (χ2n) is 7.33. The summed E-state index contributed by atoms with van der Waals surface area (Å²) in [5.74, 6) is -0.675. The monoisotopic (exact) mass is 378 g/mol. The van der Waals surface area contributed by atoms with E-state index in [-0.39, 0.29) is 36.7 Å². The van der Waals surface area contributed by atoms with Crippen molar-refractivity contribution in [2.24, 2.45) is 0 Å². The Bertz CT molecular complexity index is 892. The van der Waals surface area contributed by atoms with Crippen LogP contribution in [0.15, 0.2) is 48.5 Å². The fraction of sp³-hybridized carbons (Fsp3) is 0.348. The molecule has 0 aliphatic carbocycles. The summed E-state index contributed by atoms with van der Waals surface area (Å²) in [6.45, 7) is 6.58. The van der Waals surface area contributed by atoms with Crippen LogP contribution in [0.1, 0.15) is 58.5 Å². The third-order valence-electron chi connectivity index (χ3n) is 5.31. The summed E-state index contributed by atoms with van der Waals surface area (Å²) in [6, 6.07) is 15.2. The van der Waals surface area contributed by atoms with E-state index < -0.39 is 0 Å². The first-order valence-electron chi connectivity index (χ1n) is 9.72. The maximum Gasteiger partial charge on any atom is 0.261 e. The Morgan fingerprint density at radius 3 is 2.39 bits per heavy atom. The molecule has 0 N–H and O–H groups in total. The van der Waals surface area contributed by atoms with Crippen LogP contribution in [0.25, 0.3) is 0 Å². The zero-order chi connectivity index (χ0) is 20.3. The van der Waals surface area contributed by atoms with Gasteiger partial charge in [-0.25, -0.2) is 0 Å². The van der Waals surface area contributed by atoms with Gasteiger partial charge in [0.2, 0.25) is 5.91 Å². The van der Waals surface area contributed by atoms with Crippen molar-refractivity contribution in [3.8, 4) is 0 Å². The number of imide groups is 1. The second-order valence-corrected chi connectivity index (χ2v) is 7.33. The molecule has 146 valence electrons. The Kier molecular flexibility index (Phi) is 5.93. The summed E-state index contributed by atoms with van der Waals surface area (Å²) < 4.78 is 0. The summed E-state index contributed by atoms with van der Waals surface area (Å²) in [5.41, 5.74) is 2.85.